The molecule has 1 saturated carbocycles. The number of hydrogen-bond acceptors (Lipinski definition) is 20. The van der Waals surface area contributed by atoms with Gasteiger partial charge >= 0.3 is 54.7 Å². The van der Waals surface area contributed by atoms with Crippen molar-refractivity contribution in [2.24, 2.45) is 5.92 Å². The minimum absolute atomic E-state index is 0.00783. The van der Waals surface area contributed by atoms with Gasteiger partial charge in [0.05, 0.1) is 142 Å². The number of nitrogens with zero attached hydrogens (tertiary/aromatic N) is 12. The predicted molar refractivity (Wildman–Crippen MR) is 490 cm³/mol. The van der Waals surface area contributed by atoms with Crippen LogP contribution in [-0.4, -0.2) is 185 Å². The number of aromatic carboxylic acids is 2. The van der Waals surface area contributed by atoms with Gasteiger partial charge in [-0.3, -0.25) is 19.5 Å². The van der Waals surface area contributed by atoms with Crippen LogP contribution < -0.4 is 24.2 Å². The molecule has 0 spiro atoms. The number of cyclic esters (lactones) is 3. The maximum Gasteiger partial charge on any atom is 0.416 e. The zero-order chi connectivity index (χ0) is 104. The molecule has 6 saturated heterocycles. The van der Waals surface area contributed by atoms with E-state index in [1.165, 1.54) is 125 Å². The molecule has 1 unspecified atom stereocenters. The Bertz CT molecular complexity index is 6930. The Morgan fingerprint density at radius 3 is 1.12 bits per heavy atom. The molecule has 42 heteroatoms. The first-order chi connectivity index (χ1) is 67.6. The second-order valence-corrected chi connectivity index (χ2v) is 36.8. The van der Waals surface area contributed by atoms with Crippen LogP contribution >= 0.6 is 0 Å². The molecule has 9 heterocycles. The molecular formula is C102H92F16N12O14. The number of carboxylic acid groups (broad SMARTS) is 3. The van der Waals surface area contributed by atoms with Gasteiger partial charge in [-0.15, -0.1) is 0 Å². The maximum absolute atomic E-state index is 15.6. The number of anilines is 3. The van der Waals surface area contributed by atoms with Crippen molar-refractivity contribution < 1.29 is 138 Å². The molecule has 8 atom stereocenters. The largest absolute Gasteiger partial charge is 0.496 e. The Morgan fingerprint density at radius 1 is 0.417 bits per heavy atom. The normalized spacial score (nSPS) is 20.3. The van der Waals surface area contributed by atoms with Crippen molar-refractivity contribution in [1.82, 2.24) is 44.6 Å². The number of hydrogen-bond donors (Lipinski definition) is 3. The molecule has 7 aliphatic rings. The molecule has 1 aliphatic carbocycles. The third kappa shape index (κ3) is 21.3. The Balaban J connectivity index is 0.000000155. The molecule has 8 aromatic carbocycles. The minimum atomic E-state index is -4.63. The molecule has 7 fully saturated rings. The molecule has 0 radical (unpaired) electrons. The molecule has 26 nitrogen and oxygen atoms in total. The average Bonchev–Trinajstić information content (AvgIpc) is 1.14. The summed E-state index contributed by atoms with van der Waals surface area (Å²) in [6.45, 7) is 10.7. The summed E-state index contributed by atoms with van der Waals surface area (Å²) in [6, 6.07) is 30.9. The first-order valence-corrected chi connectivity index (χ1v) is 45.2. The van der Waals surface area contributed by atoms with Crippen LogP contribution in [0.1, 0.15) is 168 Å². The van der Waals surface area contributed by atoms with Crippen LogP contribution in [-0.2, 0) is 63.6 Å². The highest BCUT2D eigenvalue weighted by Crippen LogP contribution is 2.52. The summed E-state index contributed by atoms with van der Waals surface area (Å²) in [5.74, 6) is -12.7. The van der Waals surface area contributed by atoms with Gasteiger partial charge < -0.3 is 53.7 Å². The summed E-state index contributed by atoms with van der Waals surface area (Å²) < 4.78 is 248. The van der Waals surface area contributed by atoms with Crippen LogP contribution in [0.25, 0.3) is 55.6 Å². The summed E-state index contributed by atoms with van der Waals surface area (Å²) in [5, 5.41) is 28.3. The van der Waals surface area contributed by atoms with Gasteiger partial charge in [0.25, 0.3) is 17.8 Å². The van der Waals surface area contributed by atoms with Gasteiger partial charge in [0, 0.05) is 58.0 Å². The Labute approximate surface area is 812 Å². The lowest BCUT2D eigenvalue weighted by Crippen LogP contribution is -2.57. The fourth-order valence-electron chi connectivity index (χ4n) is 18.7. The fourth-order valence-corrected chi connectivity index (χ4v) is 18.7. The van der Waals surface area contributed by atoms with E-state index in [1.807, 2.05) is 32.0 Å². The van der Waals surface area contributed by atoms with Crippen molar-refractivity contribution >= 4 is 54.0 Å². The number of benzene rings is 8. The van der Waals surface area contributed by atoms with E-state index >= 15 is 4.39 Å². The number of halogens is 16. The van der Waals surface area contributed by atoms with Crippen molar-refractivity contribution in [1.29, 1.82) is 0 Å². The summed E-state index contributed by atoms with van der Waals surface area (Å²) in [7, 11) is 2.76. The summed E-state index contributed by atoms with van der Waals surface area (Å²) >= 11 is 0. The first kappa shape index (κ1) is 102. The van der Waals surface area contributed by atoms with Gasteiger partial charge in [-0.05, 0) is 220 Å². The molecule has 144 heavy (non-hydrogen) atoms. The Kier molecular flexibility index (Phi) is 27.5. The minimum Gasteiger partial charge on any atom is -0.496 e. The van der Waals surface area contributed by atoms with E-state index in [9.17, 15) is 110 Å². The third-order valence-electron chi connectivity index (χ3n) is 26.3. The maximum atomic E-state index is 15.6. The van der Waals surface area contributed by atoms with E-state index in [-0.39, 0.29) is 105 Å². The van der Waals surface area contributed by atoms with Crippen molar-refractivity contribution in [3.05, 3.63) is 264 Å². The van der Waals surface area contributed by atoms with E-state index in [2.05, 4.69) is 29.9 Å². The number of aryl methyl sites for hydroxylation is 6. The Morgan fingerprint density at radius 2 is 0.785 bits per heavy atom. The molecule has 3 N–H and O–H groups in total. The van der Waals surface area contributed by atoms with Gasteiger partial charge in [-0.25, -0.2) is 84.6 Å². The molecule has 3 amide bonds. The zero-order valence-electron chi connectivity index (χ0n) is 78.7. The van der Waals surface area contributed by atoms with E-state index < -0.39 is 177 Å². The zero-order valence-corrected chi connectivity index (χ0v) is 78.7. The van der Waals surface area contributed by atoms with Crippen LogP contribution in [0.4, 0.5) is 102 Å². The number of carbonyl (C=O) groups is 6. The number of rotatable bonds is 24. The number of ether oxygens (including phenoxy) is 5. The van der Waals surface area contributed by atoms with Crippen LogP contribution in [0.15, 0.2) is 158 Å². The fraction of sp³-hybridized carbons (Fsp3) is 0.353. The van der Waals surface area contributed by atoms with Gasteiger partial charge in [-0.2, -0.15) is 39.5 Å². The van der Waals surface area contributed by atoms with Crippen molar-refractivity contribution in [3.63, 3.8) is 0 Å². The topological polar surface area (TPSA) is 306 Å². The first-order valence-electron chi connectivity index (χ1n) is 45.2. The van der Waals surface area contributed by atoms with E-state index in [0.29, 0.717) is 68.8 Å². The molecular weight excluding hydrogens is 1920 g/mol. The molecule has 3 aromatic heterocycles. The van der Waals surface area contributed by atoms with E-state index in [4.69, 9.17) is 23.7 Å². The van der Waals surface area contributed by atoms with Crippen molar-refractivity contribution in [2.45, 2.75) is 173 Å². The molecule has 756 valence electrons. The summed E-state index contributed by atoms with van der Waals surface area (Å²) in [5.41, 5.74) is 7.48. The Hall–Kier alpha value is -14.9. The molecule has 18 rings (SSSR count). The van der Waals surface area contributed by atoms with Crippen LogP contribution in [0, 0.1) is 46.4 Å². The SMILES string of the molecule is CCc1ccc(-c2ccc(C(=O)O)cc2C)cc1-c1cnc(N2CC(F)(F)C2)nc1CN1C(=O)O[C@H](c2cc(C)cc(C(F)(F)F)c2)[C@@H]1C.COc1cc(F)c(-c2ccc(C(=O)O)cc2C)cc1-c1cnc(N2CC(F)(F)C2)nc1CN1C(=O)O[C@H](c2cc(C)cc(C(F)(F)F)c2)[C@@H]1C.COc1ccc(C2C[C@@H]2C(=O)O)cc1-c1cnc(N2CC(F)(F)C2)nc1CN1C(=O)O[C@H](c2cc(C)cc(C(F)(F)F)c2)[C@@H]1C. The number of alkyl halides is 15. The summed E-state index contributed by atoms with van der Waals surface area (Å²) in [6.07, 6.45) is -13.9. The lowest BCUT2D eigenvalue weighted by atomic mass is 9.91. The van der Waals surface area contributed by atoms with Gasteiger partial charge in [0.15, 0.2) is 0 Å². The van der Waals surface area contributed by atoms with E-state index in [0.717, 1.165) is 75.8 Å². The van der Waals surface area contributed by atoms with Crippen molar-refractivity contribution in [3.8, 4) is 67.1 Å². The van der Waals surface area contributed by atoms with E-state index in [1.54, 1.807) is 64.1 Å². The number of carbonyl (C=O) groups excluding carboxylic acids is 3. The number of aliphatic carboxylic acids is 1. The van der Waals surface area contributed by atoms with Gasteiger partial charge in [-0.1, -0.05) is 72.1 Å². The van der Waals surface area contributed by atoms with Gasteiger partial charge in [0.2, 0.25) is 17.8 Å². The second kappa shape index (κ2) is 38.7. The van der Waals surface area contributed by atoms with Crippen LogP contribution in [0.3, 0.4) is 0 Å². The second-order valence-electron chi connectivity index (χ2n) is 36.8. The van der Waals surface area contributed by atoms with Gasteiger partial charge in [0.1, 0.15) is 35.6 Å². The molecule has 0 bridgehead atoms. The highest BCUT2D eigenvalue weighted by Gasteiger charge is 2.52. The number of aromatic nitrogens is 6. The molecule has 11 aromatic rings. The highest BCUT2D eigenvalue weighted by molar-refractivity contribution is 5.91. The third-order valence-corrected chi connectivity index (χ3v) is 26.3. The number of carboxylic acids is 3. The lowest BCUT2D eigenvalue weighted by molar-refractivity contribution is -0.139. The average molecular weight is 2010 g/mol. The monoisotopic (exact) mass is 2010 g/mol. The number of methoxy groups -OCH3 is 2. The van der Waals surface area contributed by atoms with Crippen molar-refractivity contribution in [2.75, 3.05) is 68.2 Å². The van der Waals surface area contributed by atoms with Crippen LogP contribution in [0.2, 0.25) is 0 Å². The predicted octanol–water partition coefficient (Wildman–Crippen LogP) is 22.3. The lowest BCUT2D eigenvalue weighted by Gasteiger charge is -2.38. The quantitative estimate of drug-likeness (QED) is 0.0374. The number of amides is 3. The van der Waals surface area contributed by atoms with Crippen LogP contribution in [0.5, 0.6) is 11.5 Å². The highest BCUT2D eigenvalue weighted by atomic mass is 19.4. The summed E-state index contributed by atoms with van der Waals surface area (Å²) in [4.78, 5) is 109. The molecule has 6 aliphatic heterocycles. The smallest absolute Gasteiger partial charge is 0.416 e. The standard InChI is InChI=1S/C36H33F5N4O4.C35H30F6N4O5.C31H29F5N4O5/c1-5-22-6-7-23(27-9-8-24(32(46)47)12-20(27)3)14-28(22)29-15-42-33(44-17-35(37,38)18-44)43-30(29)16-45-21(4)31(49-34(45)48)25-10-19(2)11-26(13-25)36(39,40)41;1-17-7-21(10-22(8-17)35(39,40)41)30-19(3)45(33(48)50-30)14-28-26(13-42-32(43-28)44-15-34(37,38)16-44)25-11-24(27(36)12-29(25)49-4)23-6-5-20(31(46)47)9-18(23)2;1-15-6-18(8-19(7-15)31(34,35)36)26-16(2)40(29(43)45-26)12-24-23(11-37-28(38-24)39-13-30(32,33)14-39)21-9-17(4-5-25(21)44-3)20-10-22(20)27(41)42/h6-15,21,31H,5,16-18H2,1-4H3,(H,46,47);5-13,19,30H,14-16H2,1-4H3,(H,46,47);4-9,11,16,20,22,26H,10,12-14H2,1-3H3,(H,41,42)/t21-,31-;19-,30-;16-,20?,22-,26-/m000/s1.